The lowest BCUT2D eigenvalue weighted by atomic mass is 9.82. The van der Waals surface area contributed by atoms with Crippen molar-refractivity contribution in [2.45, 2.75) is 73.0 Å². The van der Waals surface area contributed by atoms with Gasteiger partial charge in [-0.15, -0.1) is 0 Å². The molecule has 0 aliphatic carbocycles. The Hall–Kier alpha value is -0.986. The van der Waals surface area contributed by atoms with Gasteiger partial charge in [-0.2, -0.15) is 0 Å². The van der Waals surface area contributed by atoms with Crippen LogP contribution in [0.15, 0.2) is 6.07 Å². The number of nitrogens with zero attached hydrogens (tertiary/aromatic N) is 1. The van der Waals surface area contributed by atoms with Crippen molar-refractivity contribution in [1.82, 2.24) is 4.98 Å². The van der Waals surface area contributed by atoms with Crippen LogP contribution in [0.4, 0.5) is 0 Å². The summed E-state index contributed by atoms with van der Waals surface area (Å²) in [5, 5.41) is 0.999. The molecule has 0 N–H and O–H groups in total. The van der Waals surface area contributed by atoms with Crippen LogP contribution in [0.2, 0.25) is 32.7 Å². The Labute approximate surface area is 156 Å². The van der Waals surface area contributed by atoms with Gasteiger partial charge in [0.1, 0.15) is 8.07 Å². The second-order valence-corrected chi connectivity index (χ2v) is 16.3. The monoisotopic (exact) mass is 381 g/mol. The van der Waals surface area contributed by atoms with Crippen LogP contribution < -0.4 is 10.1 Å². The van der Waals surface area contributed by atoms with Crippen molar-refractivity contribution >= 4 is 28.2 Å². The topological polar surface area (TPSA) is 48.4 Å². The molecule has 0 aromatic carbocycles. The summed E-state index contributed by atoms with van der Waals surface area (Å²) in [5.74, 6) is 0.671. The van der Waals surface area contributed by atoms with E-state index in [0.717, 1.165) is 16.4 Å². The van der Waals surface area contributed by atoms with Gasteiger partial charge >= 0.3 is 0 Å². The van der Waals surface area contributed by atoms with E-state index in [2.05, 4.69) is 53.5 Å². The fourth-order valence-electron chi connectivity index (χ4n) is 2.72. The molecule has 6 heteroatoms. The van der Waals surface area contributed by atoms with E-state index < -0.39 is 17.1 Å². The summed E-state index contributed by atoms with van der Waals surface area (Å²) < 4.78 is 12.1. The van der Waals surface area contributed by atoms with Crippen LogP contribution in [0.3, 0.4) is 0 Å². The molecule has 1 aromatic rings. The Morgan fingerprint density at radius 1 is 1.28 bits per heavy atom. The smallest absolute Gasteiger partial charge is 0.219 e. The number of carbonyl (C=O) groups is 1. The molecule has 0 bridgehead atoms. The zero-order chi connectivity index (χ0) is 19.6. The quantitative estimate of drug-likeness (QED) is 0.521. The van der Waals surface area contributed by atoms with Gasteiger partial charge in [-0.25, -0.2) is 4.98 Å². The fraction of sp³-hybridized carbons (Fsp3) is 0.684. The molecule has 1 rings (SSSR count). The number of aromatic nitrogens is 1. The highest BCUT2D eigenvalue weighted by atomic mass is 28.3. The first-order valence-electron chi connectivity index (χ1n) is 9.11. The molecule has 4 nitrogen and oxygen atoms in total. The largest absolute Gasteiger partial charge is 0.481 e. The maximum Gasteiger partial charge on any atom is 0.219 e. The fourth-order valence-corrected chi connectivity index (χ4v) is 4.83. The molecule has 1 atom stereocenters. The molecule has 0 fully saturated rings. The highest BCUT2D eigenvalue weighted by Gasteiger charge is 2.35. The molecule has 1 heterocycles. The van der Waals surface area contributed by atoms with Crippen LogP contribution in [0.25, 0.3) is 0 Å². The average molecular weight is 382 g/mol. The minimum atomic E-state index is -1.68. The summed E-state index contributed by atoms with van der Waals surface area (Å²) >= 11 is 0. The zero-order valence-corrected chi connectivity index (χ0v) is 19.8. The normalized spacial score (nSPS) is 13.9. The van der Waals surface area contributed by atoms with Crippen LogP contribution in [0.1, 0.15) is 56.1 Å². The Morgan fingerprint density at radius 2 is 1.84 bits per heavy atom. The van der Waals surface area contributed by atoms with E-state index in [1.165, 1.54) is 0 Å². The molecule has 1 unspecified atom stereocenters. The maximum absolute atomic E-state index is 12.8. The van der Waals surface area contributed by atoms with E-state index in [0.29, 0.717) is 12.3 Å². The summed E-state index contributed by atoms with van der Waals surface area (Å²) in [7, 11) is -1.37. The highest BCUT2D eigenvalue weighted by Crippen LogP contribution is 2.42. The summed E-state index contributed by atoms with van der Waals surface area (Å²) in [5.41, 5.74) is 1.39. The second kappa shape index (κ2) is 8.14. The molecule has 0 saturated heterocycles. The standard InChI is InChI=1S/C19H35NO3Si2/c1-11-14(21)13-12-15(25(8,9)10)20-18(22-5)16(13)17(19(2,3)4)23-24(6)7/h12,17,24H,11H2,1-10H3. The maximum atomic E-state index is 12.8. The molecule has 1 aromatic heterocycles. The molecule has 0 aliphatic rings. The van der Waals surface area contributed by atoms with Crippen LogP contribution >= 0.6 is 0 Å². The Morgan fingerprint density at radius 3 is 2.20 bits per heavy atom. The van der Waals surface area contributed by atoms with Gasteiger partial charge in [0.05, 0.1) is 18.8 Å². The van der Waals surface area contributed by atoms with Crippen molar-refractivity contribution in [3.8, 4) is 5.88 Å². The number of carbonyl (C=O) groups excluding carboxylic acids is 1. The zero-order valence-electron chi connectivity index (χ0n) is 17.6. The molecule has 0 spiro atoms. The number of ether oxygens (including phenoxy) is 1. The average Bonchev–Trinajstić information content (AvgIpc) is 2.48. The predicted octanol–water partition coefficient (Wildman–Crippen LogP) is 4.32. The van der Waals surface area contributed by atoms with E-state index in [1.807, 2.05) is 13.0 Å². The number of pyridine rings is 1. The van der Waals surface area contributed by atoms with Crippen LogP contribution in [0.5, 0.6) is 5.88 Å². The number of hydrogen-bond donors (Lipinski definition) is 0. The van der Waals surface area contributed by atoms with E-state index in [-0.39, 0.29) is 17.3 Å². The van der Waals surface area contributed by atoms with Gasteiger partial charge in [-0.05, 0) is 24.6 Å². The summed E-state index contributed by atoms with van der Waals surface area (Å²) in [4.78, 5) is 17.6. The van der Waals surface area contributed by atoms with Gasteiger partial charge in [0.25, 0.3) is 0 Å². The number of Topliss-reactive ketones (excluding diaryl/α,β-unsaturated/α-hetero) is 1. The molecule has 142 valence electrons. The summed E-state index contributed by atoms with van der Waals surface area (Å²) in [6.45, 7) is 19.3. The molecule has 0 radical (unpaired) electrons. The lowest BCUT2D eigenvalue weighted by Crippen LogP contribution is -2.41. The van der Waals surface area contributed by atoms with Crippen LogP contribution in [-0.4, -0.2) is 35.0 Å². The number of methoxy groups -OCH3 is 1. The van der Waals surface area contributed by atoms with Crippen molar-refractivity contribution in [2.75, 3.05) is 7.11 Å². The van der Waals surface area contributed by atoms with Crippen molar-refractivity contribution in [3.63, 3.8) is 0 Å². The third kappa shape index (κ3) is 5.49. The molecule has 0 amide bonds. The minimum absolute atomic E-state index is 0.124. The van der Waals surface area contributed by atoms with E-state index >= 15 is 0 Å². The first-order valence-corrected chi connectivity index (χ1v) is 15.4. The highest BCUT2D eigenvalue weighted by molar-refractivity contribution is 6.88. The Balaban J connectivity index is 3.78. The van der Waals surface area contributed by atoms with Crippen molar-refractivity contribution in [1.29, 1.82) is 0 Å². The Kier molecular flexibility index (Phi) is 7.18. The number of hydrogen-bond acceptors (Lipinski definition) is 4. The van der Waals surface area contributed by atoms with Crippen LogP contribution in [-0.2, 0) is 4.43 Å². The predicted molar refractivity (Wildman–Crippen MR) is 111 cm³/mol. The molecular formula is C19H35NO3Si2. The lowest BCUT2D eigenvalue weighted by molar-refractivity contribution is 0.0802. The second-order valence-electron chi connectivity index (χ2n) is 8.94. The van der Waals surface area contributed by atoms with Gasteiger partial charge < -0.3 is 9.16 Å². The third-order valence-electron chi connectivity index (χ3n) is 4.06. The SMILES string of the molecule is CCC(=O)c1cc([Si](C)(C)C)nc(OC)c1C(O[SiH](C)C)C(C)(C)C. The van der Waals surface area contributed by atoms with Crippen LogP contribution in [0, 0.1) is 5.41 Å². The molecule has 0 saturated carbocycles. The molecule has 0 aliphatic heterocycles. The van der Waals surface area contributed by atoms with E-state index in [4.69, 9.17) is 14.1 Å². The number of rotatable bonds is 7. The van der Waals surface area contributed by atoms with Gasteiger partial charge in [0.15, 0.2) is 14.8 Å². The van der Waals surface area contributed by atoms with E-state index in [1.54, 1.807) is 7.11 Å². The lowest BCUT2D eigenvalue weighted by Gasteiger charge is -2.35. The number of ketones is 1. The van der Waals surface area contributed by atoms with Crippen molar-refractivity contribution in [2.24, 2.45) is 5.41 Å². The van der Waals surface area contributed by atoms with Gasteiger partial charge in [0, 0.05) is 17.3 Å². The molecule has 25 heavy (non-hydrogen) atoms. The summed E-state index contributed by atoms with van der Waals surface area (Å²) in [6, 6.07) is 2.00. The summed E-state index contributed by atoms with van der Waals surface area (Å²) in [6.07, 6.45) is 0.254. The van der Waals surface area contributed by atoms with Crippen molar-refractivity contribution in [3.05, 3.63) is 17.2 Å². The van der Waals surface area contributed by atoms with Gasteiger partial charge in [0.2, 0.25) is 5.88 Å². The van der Waals surface area contributed by atoms with Gasteiger partial charge in [-0.1, -0.05) is 47.3 Å². The molecular weight excluding hydrogens is 346 g/mol. The third-order valence-corrected chi connectivity index (χ3v) is 6.67. The van der Waals surface area contributed by atoms with E-state index in [9.17, 15) is 4.79 Å². The van der Waals surface area contributed by atoms with Gasteiger partial charge in [-0.3, -0.25) is 4.79 Å². The van der Waals surface area contributed by atoms with Crippen molar-refractivity contribution < 1.29 is 14.0 Å². The first-order chi connectivity index (χ1) is 11.3. The Bertz CT molecular complexity index is 616. The minimum Gasteiger partial charge on any atom is -0.481 e. The first kappa shape index (κ1) is 22.1.